The van der Waals surface area contributed by atoms with E-state index in [-0.39, 0.29) is 17.6 Å². The predicted molar refractivity (Wildman–Crippen MR) is 106 cm³/mol. The molecule has 4 rings (SSSR count). The van der Waals surface area contributed by atoms with Gasteiger partial charge in [-0.3, -0.25) is 14.6 Å². The van der Waals surface area contributed by atoms with Crippen LogP contribution in [-0.4, -0.2) is 16.8 Å². The fraction of sp³-hybridized carbons (Fsp3) is 0.0455. The lowest BCUT2D eigenvalue weighted by Gasteiger charge is -2.08. The van der Waals surface area contributed by atoms with E-state index in [0.717, 1.165) is 16.3 Å². The number of aromatic nitrogens is 1. The highest BCUT2D eigenvalue weighted by molar-refractivity contribution is 6.05. The number of rotatable bonds is 5. The molecule has 0 spiro atoms. The van der Waals surface area contributed by atoms with Crippen LogP contribution in [0.2, 0.25) is 0 Å². The largest absolute Gasteiger partial charge is 0.459 e. The summed E-state index contributed by atoms with van der Waals surface area (Å²) in [5.74, 6) is -0.293. The average molecular weight is 371 g/mol. The predicted octanol–water partition coefficient (Wildman–Crippen LogP) is 4.01. The third kappa shape index (κ3) is 3.76. The van der Waals surface area contributed by atoms with Crippen LogP contribution in [0.15, 0.2) is 83.6 Å². The Kier molecular flexibility index (Phi) is 4.84. The Morgan fingerprint density at radius 2 is 1.71 bits per heavy atom. The van der Waals surface area contributed by atoms with Gasteiger partial charge in [0.25, 0.3) is 11.8 Å². The highest BCUT2D eigenvalue weighted by Gasteiger charge is 2.11. The van der Waals surface area contributed by atoms with Gasteiger partial charge >= 0.3 is 0 Å². The van der Waals surface area contributed by atoms with E-state index in [2.05, 4.69) is 15.6 Å². The molecule has 0 aliphatic carbocycles. The van der Waals surface area contributed by atoms with Gasteiger partial charge in [0.05, 0.1) is 6.26 Å². The Balaban J connectivity index is 1.39. The number of fused-ring (bicyclic) bond motifs is 1. The van der Waals surface area contributed by atoms with E-state index < -0.39 is 0 Å². The summed E-state index contributed by atoms with van der Waals surface area (Å²) in [6, 6.07) is 20.0. The van der Waals surface area contributed by atoms with Gasteiger partial charge in [-0.1, -0.05) is 36.4 Å². The molecule has 0 saturated carbocycles. The van der Waals surface area contributed by atoms with E-state index in [1.165, 1.54) is 6.26 Å². The Morgan fingerprint density at radius 3 is 2.50 bits per heavy atom. The minimum absolute atomic E-state index is 0.230. The standard InChI is InChI=1S/C22H17N3O3/c26-21(19-6-3-13-28-19)25-17-9-7-15(8-10-17)14-24-22(27)20-18-5-2-1-4-16(18)11-12-23-20/h1-13H,14H2,(H,24,27)(H,25,26). The summed E-state index contributed by atoms with van der Waals surface area (Å²) < 4.78 is 5.06. The maximum atomic E-state index is 12.5. The monoisotopic (exact) mass is 371 g/mol. The van der Waals surface area contributed by atoms with Crippen molar-refractivity contribution in [3.63, 3.8) is 0 Å². The topological polar surface area (TPSA) is 84.2 Å². The van der Waals surface area contributed by atoms with Gasteiger partial charge in [0.2, 0.25) is 0 Å². The van der Waals surface area contributed by atoms with E-state index in [1.807, 2.05) is 42.5 Å². The molecule has 0 bridgehead atoms. The van der Waals surface area contributed by atoms with Crippen LogP contribution in [0.5, 0.6) is 0 Å². The van der Waals surface area contributed by atoms with Gasteiger partial charge in [-0.15, -0.1) is 0 Å². The smallest absolute Gasteiger partial charge is 0.291 e. The van der Waals surface area contributed by atoms with Crippen molar-refractivity contribution in [1.82, 2.24) is 10.3 Å². The highest BCUT2D eigenvalue weighted by atomic mass is 16.3. The van der Waals surface area contributed by atoms with E-state index in [4.69, 9.17) is 4.42 Å². The van der Waals surface area contributed by atoms with Crippen LogP contribution in [-0.2, 0) is 6.54 Å². The molecule has 6 heteroatoms. The first kappa shape index (κ1) is 17.5. The third-order valence-electron chi connectivity index (χ3n) is 4.30. The quantitative estimate of drug-likeness (QED) is 0.555. The van der Waals surface area contributed by atoms with Gasteiger partial charge < -0.3 is 15.1 Å². The minimum atomic E-state index is -0.312. The zero-order valence-electron chi connectivity index (χ0n) is 14.9. The number of nitrogens with one attached hydrogen (secondary N) is 2. The summed E-state index contributed by atoms with van der Waals surface area (Å²) in [4.78, 5) is 28.7. The zero-order valence-corrected chi connectivity index (χ0v) is 14.9. The lowest BCUT2D eigenvalue weighted by Crippen LogP contribution is -2.24. The number of nitrogens with zero attached hydrogens (tertiary/aromatic N) is 1. The highest BCUT2D eigenvalue weighted by Crippen LogP contribution is 2.16. The van der Waals surface area contributed by atoms with Crippen molar-refractivity contribution in [2.75, 3.05) is 5.32 Å². The number of hydrogen-bond acceptors (Lipinski definition) is 4. The molecule has 2 amide bonds. The van der Waals surface area contributed by atoms with Gasteiger partial charge in [-0.25, -0.2) is 0 Å². The second kappa shape index (κ2) is 7.75. The summed E-state index contributed by atoms with van der Waals surface area (Å²) in [5, 5.41) is 7.43. The lowest BCUT2D eigenvalue weighted by atomic mass is 10.1. The lowest BCUT2D eigenvalue weighted by molar-refractivity contribution is 0.0946. The molecule has 0 radical (unpaired) electrons. The summed E-state index contributed by atoms with van der Waals surface area (Å²) >= 11 is 0. The molecule has 0 aliphatic heterocycles. The molecule has 6 nitrogen and oxygen atoms in total. The summed E-state index contributed by atoms with van der Waals surface area (Å²) in [7, 11) is 0. The first-order valence-corrected chi connectivity index (χ1v) is 8.76. The van der Waals surface area contributed by atoms with Crippen molar-refractivity contribution in [2.45, 2.75) is 6.54 Å². The molecule has 0 saturated heterocycles. The molecule has 138 valence electrons. The van der Waals surface area contributed by atoms with Gasteiger partial charge in [0.1, 0.15) is 5.69 Å². The van der Waals surface area contributed by atoms with Crippen LogP contribution in [0.1, 0.15) is 26.6 Å². The molecule has 0 aliphatic rings. The summed E-state index contributed by atoms with van der Waals surface area (Å²) in [6.45, 7) is 0.357. The maximum Gasteiger partial charge on any atom is 0.291 e. The molecule has 0 atom stereocenters. The molecule has 2 N–H and O–H groups in total. The molecule has 0 fully saturated rings. The van der Waals surface area contributed by atoms with Gasteiger partial charge in [0.15, 0.2) is 5.76 Å². The van der Waals surface area contributed by atoms with Crippen LogP contribution >= 0.6 is 0 Å². The van der Waals surface area contributed by atoms with E-state index in [0.29, 0.717) is 17.9 Å². The SMILES string of the molecule is O=C(Nc1ccc(CNC(=O)c2nccc3ccccc23)cc1)c1ccco1. The fourth-order valence-electron chi connectivity index (χ4n) is 2.87. The maximum absolute atomic E-state index is 12.5. The number of pyridine rings is 1. The van der Waals surface area contributed by atoms with Crippen LogP contribution < -0.4 is 10.6 Å². The number of carbonyl (C=O) groups excluding carboxylic acids is 2. The molecular weight excluding hydrogens is 354 g/mol. The molecule has 2 aromatic heterocycles. The van der Waals surface area contributed by atoms with Crippen LogP contribution in [0, 0.1) is 0 Å². The minimum Gasteiger partial charge on any atom is -0.459 e. The van der Waals surface area contributed by atoms with Crippen molar-refractivity contribution < 1.29 is 14.0 Å². The van der Waals surface area contributed by atoms with Crippen LogP contribution in [0.3, 0.4) is 0 Å². The Hall–Kier alpha value is -3.93. The van der Waals surface area contributed by atoms with Crippen molar-refractivity contribution in [3.05, 3.63) is 96.2 Å². The number of benzene rings is 2. The van der Waals surface area contributed by atoms with E-state index in [1.54, 1.807) is 30.5 Å². The Morgan fingerprint density at radius 1 is 0.893 bits per heavy atom. The average Bonchev–Trinajstić information content (AvgIpc) is 3.28. The van der Waals surface area contributed by atoms with Crippen molar-refractivity contribution >= 4 is 28.3 Å². The normalized spacial score (nSPS) is 10.6. The Labute approximate surface area is 161 Å². The van der Waals surface area contributed by atoms with Crippen LogP contribution in [0.25, 0.3) is 10.8 Å². The number of amides is 2. The van der Waals surface area contributed by atoms with E-state index >= 15 is 0 Å². The fourth-order valence-corrected chi connectivity index (χ4v) is 2.87. The van der Waals surface area contributed by atoms with Crippen molar-refractivity contribution in [2.24, 2.45) is 0 Å². The number of carbonyl (C=O) groups is 2. The molecule has 2 heterocycles. The van der Waals surface area contributed by atoms with E-state index in [9.17, 15) is 9.59 Å². The van der Waals surface area contributed by atoms with Gasteiger partial charge in [0, 0.05) is 23.8 Å². The number of hydrogen-bond donors (Lipinski definition) is 2. The summed E-state index contributed by atoms with van der Waals surface area (Å²) in [6.07, 6.45) is 3.08. The first-order valence-electron chi connectivity index (χ1n) is 8.76. The third-order valence-corrected chi connectivity index (χ3v) is 4.30. The second-order valence-electron chi connectivity index (χ2n) is 6.19. The van der Waals surface area contributed by atoms with Gasteiger partial charge in [-0.05, 0) is 41.3 Å². The number of anilines is 1. The van der Waals surface area contributed by atoms with Crippen molar-refractivity contribution in [1.29, 1.82) is 0 Å². The Bertz CT molecular complexity index is 1110. The second-order valence-corrected chi connectivity index (χ2v) is 6.19. The van der Waals surface area contributed by atoms with Crippen molar-refractivity contribution in [3.8, 4) is 0 Å². The molecule has 28 heavy (non-hydrogen) atoms. The molecule has 0 unspecified atom stereocenters. The zero-order chi connectivity index (χ0) is 19.3. The molecular formula is C22H17N3O3. The summed E-state index contributed by atoms with van der Waals surface area (Å²) in [5.41, 5.74) is 1.96. The number of furan rings is 1. The molecule has 4 aromatic rings. The van der Waals surface area contributed by atoms with Crippen LogP contribution in [0.4, 0.5) is 5.69 Å². The molecule has 2 aromatic carbocycles. The van der Waals surface area contributed by atoms with Gasteiger partial charge in [-0.2, -0.15) is 0 Å². The first-order chi connectivity index (χ1) is 13.7.